The normalized spacial score (nSPS) is 21.2. The van der Waals surface area contributed by atoms with Crippen molar-refractivity contribution in [3.05, 3.63) is 156 Å². The number of hydrogen-bond acceptors (Lipinski definition) is 0. The van der Waals surface area contributed by atoms with E-state index in [0.29, 0.717) is 0 Å². The van der Waals surface area contributed by atoms with Crippen molar-refractivity contribution in [2.24, 2.45) is 0 Å². The Kier molecular flexibility index (Phi) is 3.09. The van der Waals surface area contributed by atoms with E-state index in [2.05, 4.69) is 133 Å². The highest BCUT2D eigenvalue weighted by molar-refractivity contribution is 6.59. The van der Waals surface area contributed by atoms with Gasteiger partial charge in [-0.05, 0) is 141 Å². The van der Waals surface area contributed by atoms with E-state index >= 15 is 0 Å². The van der Waals surface area contributed by atoms with Crippen molar-refractivity contribution >= 4 is 97.0 Å². The van der Waals surface area contributed by atoms with Crippen molar-refractivity contribution in [3.63, 3.8) is 0 Å². The Morgan fingerprint density at radius 2 is 0.660 bits per heavy atom. The van der Waals surface area contributed by atoms with Gasteiger partial charge < -0.3 is 0 Å². The average molecular weight is 623 g/mol. The molecule has 222 valence electrons. The van der Waals surface area contributed by atoms with Crippen LogP contribution < -0.4 is 0 Å². The van der Waals surface area contributed by atoms with Crippen molar-refractivity contribution < 1.29 is 0 Å². The molecule has 0 aromatic heterocycles. The lowest BCUT2D eigenvalue weighted by atomic mass is 9.51. The van der Waals surface area contributed by atoms with E-state index in [0.717, 1.165) is 0 Å². The fourth-order valence-corrected chi connectivity index (χ4v) is 13.3. The summed E-state index contributed by atoms with van der Waals surface area (Å²) in [5, 5.41) is 26.3. The largest absolute Gasteiger partial charge is 0.0680 e. The summed E-state index contributed by atoms with van der Waals surface area (Å²) in [5.41, 5.74) is 10.6. The minimum Gasteiger partial charge on any atom is -0.0680 e. The molecule has 0 nitrogen and oxygen atoms in total. The highest BCUT2D eigenvalue weighted by atomic mass is 14.6. The van der Waals surface area contributed by atoms with Gasteiger partial charge in [0.25, 0.3) is 0 Å². The van der Waals surface area contributed by atoms with Gasteiger partial charge in [-0.3, -0.25) is 0 Å². The van der Waals surface area contributed by atoms with E-state index in [1.807, 2.05) is 0 Å². The van der Waals surface area contributed by atoms with Crippen LogP contribution in [0.15, 0.2) is 133 Å². The first kappa shape index (κ1) is 23.2. The highest BCUT2D eigenvalue weighted by Gasteiger charge is 2.63. The molecule has 0 amide bonds. The summed E-state index contributed by atoms with van der Waals surface area (Å²) in [4.78, 5) is 0. The molecule has 0 fully saturated rings. The van der Waals surface area contributed by atoms with Crippen LogP contribution in [-0.2, 0) is 10.8 Å². The topological polar surface area (TPSA) is 0 Å². The smallest absolute Gasteiger partial charge is 0.0576 e. The molecular formula is C50H22. The molecule has 12 aromatic carbocycles. The molecule has 0 aliphatic heterocycles. The van der Waals surface area contributed by atoms with Gasteiger partial charge >= 0.3 is 0 Å². The predicted molar refractivity (Wildman–Crippen MR) is 211 cm³/mol. The Hall–Kier alpha value is -6.24. The van der Waals surface area contributed by atoms with Crippen molar-refractivity contribution in [1.29, 1.82) is 0 Å². The average Bonchev–Trinajstić information content (AvgIpc) is 3.88. The first-order valence-electron chi connectivity index (χ1n) is 18.0. The van der Waals surface area contributed by atoms with E-state index < -0.39 is 10.8 Å². The van der Waals surface area contributed by atoms with Gasteiger partial charge in [0.2, 0.25) is 0 Å². The van der Waals surface area contributed by atoms with Crippen LogP contribution in [-0.4, -0.2) is 0 Å². The maximum Gasteiger partial charge on any atom is 0.0576 e. The molecule has 4 aliphatic rings. The van der Waals surface area contributed by atoms with Gasteiger partial charge in [-0.25, -0.2) is 0 Å². The lowest BCUT2D eigenvalue weighted by molar-refractivity contribution is 0.475. The maximum atomic E-state index is 2.64. The second-order valence-electron chi connectivity index (χ2n) is 15.7. The highest BCUT2D eigenvalue weighted by Crippen LogP contribution is 2.75. The van der Waals surface area contributed by atoms with E-state index in [9.17, 15) is 0 Å². The molecule has 0 N–H and O–H groups in total. The molecule has 16 rings (SSSR count). The summed E-state index contributed by atoms with van der Waals surface area (Å²) in [5.74, 6) is 0. The summed E-state index contributed by atoms with van der Waals surface area (Å²) < 4.78 is 0. The first-order chi connectivity index (χ1) is 24.9. The van der Waals surface area contributed by atoms with Crippen molar-refractivity contribution in [2.45, 2.75) is 10.8 Å². The van der Waals surface area contributed by atoms with E-state index in [1.165, 1.54) is 141 Å². The Labute approximate surface area is 284 Å². The predicted octanol–water partition coefficient (Wildman–Crippen LogP) is 12.9. The minimum absolute atomic E-state index is 0.459. The van der Waals surface area contributed by atoms with Gasteiger partial charge in [-0.15, -0.1) is 0 Å². The van der Waals surface area contributed by atoms with Gasteiger partial charge in [0.15, 0.2) is 0 Å². The van der Waals surface area contributed by atoms with E-state index in [4.69, 9.17) is 0 Å². The van der Waals surface area contributed by atoms with Gasteiger partial charge in [0.05, 0.1) is 10.8 Å². The molecule has 4 aliphatic carbocycles. The third-order valence-corrected chi connectivity index (χ3v) is 14.4. The lowest BCUT2D eigenvalue weighted by Gasteiger charge is -2.49. The van der Waals surface area contributed by atoms with Crippen LogP contribution in [0.25, 0.3) is 119 Å². The van der Waals surface area contributed by atoms with Crippen LogP contribution in [0.1, 0.15) is 22.3 Å². The fraction of sp³-hybridized carbons (Fsp3) is 0.0400. The summed E-state index contributed by atoms with van der Waals surface area (Å²) in [6, 6.07) is 42.8. The summed E-state index contributed by atoms with van der Waals surface area (Å²) in [7, 11) is 0. The molecule has 0 heterocycles. The standard InChI is InChI=1S/C50H22/c1-3-13-25-23(11-1)35-33-27-15-5-7-17-31(27)49-21-9-10-22-50(49)32-18-8-6-16-28(32)34-30-20-19-29(33)37-38(30)44-42-36(34)24-12-2-4-14-26(24)40(42)48(50)46-45(44)43(37)41(35)39(25)47(46)49/h1-22H. The Morgan fingerprint density at radius 1 is 0.280 bits per heavy atom. The maximum absolute atomic E-state index is 2.64. The number of benzene rings is 9. The number of rotatable bonds is 0. The third-order valence-electron chi connectivity index (χ3n) is 14.4. The molecule has 0 heteroatoms. The summed E-state index contributed by atoms with van der Waals surface area (Å²) in [6.07, 6.45) is 10.0. The molecular weight excluding hydrogens is 601 g/mol. The molecule has 0 radical (unpaired) electrons. The van der Waals surface area contributed by atoms with Gasteiger partial charge in [0.1, 0.15) is 0 Å². The van der Waals surface area contributed by atoms with Crippen LogP contribution in [0, 0.1) is 0 Å². The summed E-state index contributed by atoms with van der Waals surface area (Å²) in [6.45, 7) is 0. The molecule has 0 saturated carbocycles. The molecule has 12 aromatic rings. The number of allylic oxidation sites excluding steroid dienone is 4. The zero-order chi connectivity index (χ0) is 31.6. The zero-order valence-corrected chi connectivity index (χ0v) is 26.7. The minimum atomic E-state index is -0.459. The van der Waals surface area contributed by atoms with Crippen LogP contribution >= 0.6 is 0 Å². The quantitative estimate of drug-likeness (QED) is 0.148. The second kappa shape index (κ2) is 6.67. The Bertz CT molecular complexity index is 3460. The van der Waals surface area contributed by atoms with Crippen molar-refractivity contribution in [3.8, 4) is 22.3 Å². The van der Waals surface area contributed by atoms with Crippen molar-refractivity contribution in [2.75, 3.05) is 0 Å². The van der Waals surface area contributed by atoms with Crippen LogP contribution in [0.4, 0.5) is 0 Å². The van der Waals surface area contributed by atoms with E-state index in [-0.39, 0.29) is 0 Å². The Balaban J connectivity index is 1.47. The monoisotopic (exact) mass is 622 g/mol. The molecule has 50 heavy (non-hydrogen) atoms. The zero-order valence-electron chi connectivity index (χ0n) is 26.7. The molecule has 2 atom stereocenters. The van der Waals surface area contributed by atoms with E-state index in [1.54, 1.807) is 0 Å². The number of fused-ring (bicyclic) bond motifs is 8. The number of hydrogen-bond donors (Lipinski definition) is 0. The molecule has 10 bridgehead atoms. The van der Waals surface area contributed by atoms with Crippen LogP contribution in [0.2, 0.25) is 0 Å². The van der Waals surface area contributed by atoms with Crippen molar-refractivity contribution in [1.82, 2.24) is 0 Å². The Morgan fingerprint density at radius 3 is 1.14 bits per heavy atom. The van der Waals surface area contributed by atoms with Crippen LogP contribution in [0.5, 0.6) is 0 Å². The first-order valence-corrected chi connectivity index (χ1v) is 18.0. The van der Waals surface area contributed by atoms with Gasteiger partial charge in [-0.2, -0.15) is 0 Å². The van der Waals surface area contributed by atoms with Crippen LogP contribution in [0.3, 0.4) is 0 Å². The third kappa shape index (κ3) is 1.79. The lowest BCUT2D eigenvalue weighted by Crippen LogP contribution is -2.47. The molecule has 0 saturated heterocycles. The van der Waals surface area contributed by atoms with Gasteiger partial charge in [-0.1, -0.05) is 133 Å². The molecule has 2 spiro atoms. The molecule has 2 unspecified atom stereocenters. The fourth-order valence-electron chi connectivity index (χ4n) is 13.3. The summed E-state index contributed by atoms with van der Waals surface area (Å²) >= 11 is 0. The SMILES string of the molecule is C1=CC23c4ccccc4-c4c5ccc6c7c8c9ccccc9c9c(c%10c2c2c%11ccccc%11c4c2c2c5c6c(c89)c%102)C3(C=C1)c1ccccc1-7. The van der Waals surface area contributed by atoms with Gasteiger partial charge in [0, 0.05) is 0 Å². The second-order valence-corrected chi connectivity index (χ2v) is 15.7.